The van der Waals surface area contributed by atoms with Gasteiger partial charge in [-0.05, 0) is 61.9 Å². The van der Waals surface area contributed by atoms with Crippen LogP contribution in [-0.4, -0.2) is 34.0 Å². The highest BCUT2D eigenvalue weighted by Gasteiger charge is 2.23. The maximum absolute atomic E-state index is 13.0. The summed E-state index contributed by atoms with van der Waals surface area (Å²) in [7, 11) is -3.72. The predicted molar refractivity (Wildman–Crippen MR) is 122 cm³/mol. The van der Waals surface area contributed by atoms with E-state index in [-0.39, 0.29) is 10.8 Å². The van der Waals surface area contributed by atoms with Gasteiger partial charge in [0.2, 0.25) is 0 Å². The molecule has 0 aliphatic carbocycles. The average molecular weight is 439 g/mol. The largest absolute Gasteiger partial charge is 0.491 e. The number of para-hydroxylation sites is 2. The van der Waals surface area contributed by atoms with Gasteiger partial charge in [0.15, 0.2) is 0 Å². The Kier molecular flexibility index (Phi) is 7.31. The molecule has 0 bridgehead atoms. The first kappa shape index (κ1) is 22.4. The second-order valence-corrected chi connectivity index (χ2v) is 8.76. The Morgan fingerprint density at radius 1 is 0.935 bits per heavy atom. The molecule has 0 aromatic heterocycles. The summed E-state index contributed by atoms with van der Waals surface area (Å²) in [6, 6.07) is 22.6. The number of amides is 1. The Morgan fingerprint density at radius 3 is 2.23 bits per heavy atom. The van der Waals surface area contributed by atoms with Crippen LogP contribution in [0.15, 0.2) is 83.8 Å². The molecule has 3 aromatic carbocycles. The topological polar surface area (TPSA) is 75.7 Å². The molecule has 31 heavy (non-hydrogen) atoms. The first-order valence-electron chi connectivity index (χ1n) is 10.1. The summed E-state index contributed by atoms with van der Waals surface area (Å²) in [5.74, 6) is 0.498. The van der Waals surface area contributed by atoms with E-state index in [1.54, 1.807) is 31.2 Å². The van der Waals surface area contributed by atoms with E-state index in [0.29, 0.717) is 30.9 Å². The standard InChI is InChI=1S/C24H26N2O4S/c1-3-26(21-10-5-4-6-11-21)31(28,29)22-15-13-20(14-16-22)24(27)25-17-18-30-23-12-8-7-9-19(23)2/h4-16H,3,17-18H2,1-2H3,(H,25,27). The minimum atomic E-state index is -3.72. The molecule has 0 heterocycles. The molecule has 0 saturated heterocycles. The SMILES string of the molecule is CCN(c1ccccc1)S(=O)(=O)c1ccc(C(=O)NCCOc2ccccc2C)cc1. The van der Waals surface area contributed by atoms with Crippen LogP contribution in [0, 0.1) is 6.92 Å². The summed E-state index contributed by atoms with van der Waals surface area (Å²) < 4.78 is 33.1. The number of sulfonamides is 1. The minimum Gasteiger partial charge on any atom is -0.491 e. The molecular formula is C24H26N2O4S. The van der Waals surface area contributed by atoms with E-state index in [2.05, 4.69) is 5.32 Å². The van der Waals surface area contributed by atoms with Crippen molar-refractivity contribution in [2.75, 3.05) is 24.0 Å². The molecule has 0 spiro atoms. The molecule has 1 amide bonds. The van der Waals surface area contributed by atoms with Crippen LogP contribution in [0.5, 0.6) is 5.75 Å². The number of anilines is 1. The molecule has 0 atom stereocenters. The van der Waals surface area contributed by atoms with Gasteiger partial charge in [-0.1, -0.05) is 36.4 Å². The van der Waals surface area contributed by atoms with Crippen molar-refractivity contribution in [1.82, 2.24) is 5.32 Å². The van der Waals surface area contributed by atoms with Crippen LogP contribution in [0.25, 0.3) is 0 Å². The van der Waals surface area contributed by atoms with Crippen LogP contribution >= 0.6 is 0 Å². The van der Waals surface area contributed by atoms with Crippen LogP contribution in [-0.2, 0) is 10.0 Å². The quantitative estimate of drug-likeness (QED) is 0.512. The molecule has 0 fully saturated rings. The van der Waals surface area contributed by atoms with Gasteiger partial charge in [-0.2, -0.15) is 0 Å². The van der Waals surface area contributed by atoms with Gasteiger partial charge in [-0.3, -0.25) is 9.10 Å². The number of hydrogen-bond donors (Lipinski definition) is 1. The lowest BCUT2D eigenvalue weighted by Crippen LogP contribution is -2.31. The fraction of sp³-hybridized carbons (Fsp3) is 0.208. The Balaban J connectivity index is 1.61. The first-order chi connectivity index (χ1) is 14.9. The highest BCUT2D eigenvalue weighted by Crippen LogP contribution is 2.23. The predicted octanol–water partition coefficient (Wildman–Crippen LogP) is 4.02. The second kappa shape index (κ2) is 10.1. The van der Waals surface area contributed by atoms with E-state index in [1.807, 2.05) is 37.3 Å². The minimum absolute atomic E-state index is 0.137. The van der Waals surface area contributed by atoms with Crippen LogP contribution in [0.3, 0.4) is 0 Å². The first-order valence-corrected chi connectivity index (χ1v) is 11.5. The molecule has 0 saturated carbocycles. The van der Waals surface area contributed by atoms with E-state index in [9.17, 15) is 13.2 Å². The Hall–Kier alpha value is -3.32. The number of aryl methyl sites for hydroxylation is 1. The molecule has 0 unspecified atom stereocenters. The molecule has 3 rings (SSSR count). The van der Waals surface area contributed by atoms with Crippen molar-refractivity contribution < 1.29 is 17.9 Å². The van der Waals surface area contributed by atoms with Gasteiger partial charge in [-0.25, -0.2) is 8.42 Å². The Labute approximate surface area is 183 Å². The molecular weight excluding hydrogens is 412 g/mol. The zero-order chi connectivity index (χ0) is 22.3. The summed E-state index contributed by atoms with van der Waals surface area (Å²) in [6.07, 6.45) is 0. The van der Waals surface area contributed by atoms with Crippen molar-refractivity contribution in [3.05, 3.63) is 90.0 Å². The van der Waals surface area contributed by atoms with Crippen LogP contribution in [0.2, 0.25) is 0 Å². The van der Waals surface area contributed by atoms with Crippen molar-refractivity contribution in [1.29, 1.82) is 0 Å². The lowest BCUT2D eigenvalue weighted by atomic mass is 10.2. The Bertz CT molecular complexity index is 1110. The third kappa shape index (κ3) is 5.44. The summed E-state index contributed by atoms with van der Waals surface area (Å²) in [5.41, 5.74) is 2.01. The van der Waals surface area contributed by atoms with Crippen LogP contribution < -0.4 is 14.4 Å². The molecule has 1 N–H and O–H groups in total. The van der Waals surface area contributed by atoms with Gasteiger partial charge in [-0.15, -0.1) is 0 Å². The smallest absolute Gasteiger partial charge is 0.264 e. The van der Waals surface area contributed by atoms with Crippen molar-refractivity contribution in [2.24, 2.45) is 0 Å². The third-order valence-electron chi connectivity index (χ3n) is 4.77. The number of benzene rings is 3. The Morgan fingerprint density at radius 2 is 1.58 bits per heavy atom. The lowest BCUT2D eigenvalue weighted by molar-refractivity contribution is 0.0947. The molecule has 0 aliphatic rings. The lowest BCUT2D eigenvalue weighted by Gasteiger charge is -2.23. The molecule has 162 valence electrons. The van der Waals surface area contributed by atoms with Gasteiger partial charge >= 0.3 is 0 Å². The summed E-state index contributed by atoms with van der Waals surface area (Å²) >= 11 is 0. The monoisotopic (exact) mass is 438 g/mol. The van der Waals surface area contributed by atoms with Gasteiger partial charge in [0, 0.05) is 12.1 Å². The normalized spacial score (nSPS) is 11.0. The third-order valence-corrected chi connectivity index (χ3v) is 6.69. The van der Waals surface area contributed by atoms with Gasteiger partial charge in [0.1, 0.15) is 12.4 Å². The van der Waals surface area contributed by atoms with Crippen LogP contribution in [0.4, 0.5) is 5.69 Å². The highest BCUT2D eigenvalue weighted by molar-refractivity contribution is 7.92. The van der Waals surface area contributed by atoms with E-state index >= 15 is 0 Å². The van der Waals surface area contributed by atoms with Crippen molar-refractivity contribution in [3.63, 3.8) is 0 Å². The van der Waals surface area contributed by atoms with Crippen molar-refractivity contribution in [2.45, 2.75) is 18.7 Å². The van der Waals surface area contributed by atoms with Gasteiger partial charge < -0.3 is 10.1 Å². The van der Waals surface area contributed by atoms with E-state index in [4.69, 9.17) is 4.74 Å². The summed E-state index contributed by atoms with van der Waals surface area (Å²) in [4.78, 5) is 12.5. The number of nitrogens with one attached hydrogen (secondary N) is 1. The summed E-state index contributed by atoms with van der Waals surface area (Å²) in [5, 5.41) is 2.78. The highest BCUT2D eigenvalue weighted by atomic mass is 32.2. The molecule has 0 radical (unpaired) electrons. The molecule has 3 aromatic rings. The van der Waals surface area contributed by atoms with Gasteiger partial charge in [0.25, 0.3) is 15.9 Å². The van der Waals surface area contributed by atoms with E-state index in [1.165, 1.54) is 28.6 Å². The molecule has 0 aliphatic heterocycles. The molecule has 7 heteroatoms. The summed E-state index contributed by atoms with van der Waals surface area (Å²) in [6.45, 7) is 4.72. The second-order valence-electron chi connectivity index (χ2n) is 6.90. The van der Waals surface area contributed by atoms with E-state index in [0.717, 1.165) is 11.3 Å². The number of carbonyl (C=O) groups is 1. The van der Waals surface area contributed by atoms with Crippen molar-refractivity contribution >= 4 is 21.6 Å². The van der Waals surface area contributed by atoms with Gasteiger partial charge in [0.05, 0.1) is 17.1 Å². The fourth-order valence-corrected chi connectivity index (χ4v) is 4.61. The number of ether oxygens (including phenoxy) is 1. The number of hydrogen-bond acceptors (Lipinski definition) is 4. The maximum Gasteiger partial charge on any atom is 0.264 e. The number of carbonyl (C=O) groups excluding carboxylic acids is 1. The fourth-order valence-electron chi connectivity index (χ4n) is 3.14. The average Bonchev–Trinajstić information content (AvgIpc) is 2.79. The zero-order valence-electron chi connectivity index (χ0n) is 17.6. The molecule has 6 nitrogen and oxygen atoms in total. The maximum atomic E-state index is 13.0. The van der Waals surface area contributed by atoms with Crippen LogP contribution in [0.1, 0.15) is 22.8 Å². The number of nitrogens with zero attached hydrogens (tertiary/aromatic N) is 1. The van der Waals surface area contributed by atoms with E-state index < -0.39 is 10.0 Å². The number of rotatable bonds is 9. The van der Waals surface area contributed by atoms with Crippen molar-refractivity contribution in [3.8, 4) is 5.75 Å². The zero-order valence-corrected chi connectivity index (χ0v) is 18.4.